The van der Waals surface area contributed by atoms with Crippen LogP contribution in [0.4, 0.5) is 0 Å². The number of carbonyl (C=O) groups excluding carboxylic acids is 1. The SMILES string of the molecule is Cc1ccc(C(=O)NCCN2CCOCC2)cc1Br. The average Bonchev–Trinajstić information content (AvgIpc) is 2.43. The summed E-state index contributed by atoms with van der Waals surface area (Å²) in [6, 6.07) is 5.66. The highest BCUT2D eigenvalue weighted by Gasteiger charge is 2.11. The van der Waals surface area contributed by atoms with E-state index in [9.17, 15) is 4.79 Å². The highest BCUT2D eigenvalue weighted by molar-refractivity contribution is 9.10. The molecule has 0 aromatic heterocycles. The Bertz CT molecular complexity index is 445. The third-order valence-electron chi connectivity index (χ3n) is 3.25. The van der Waals surface area contributed by atoms with Gasteiger partial charge in [-0.25, -0.2) is 0 Å². The van der Waals surface area contributed by atoms with Crippen molar-refractivity contribution >= 4 is 21.8 Å². The predicted molar refractivity (Wildman–Crippen MR) is 78.5 cm³/mol. The fourth-order valence-electron chi connectivity index (χ4n) is 1.99. The van der Waals surface area contributed by atoms with E-state index in [2.05, 4.69) is 26.1 Å². The van der Waals surface area contributed by atoms with Crippen LogP contribution < -0.4 is 5.32 Å². The molecule has 0 radical (unpaired) electrons. The molecular weight excluding hydrogens is 308 g/mol. The maximum atomic E-state index is 12.0. The van der Waals surface area contributed by atoms with Crippen molar-refractivity contribution in [2.45, 2.75) is 6.92 Å². The molecule has 1 saturated heterocycles. The Morgan fingerprint density at radius 1 is 1.42 bits per heavy atom. The van der Waals surface area contributed by atoms with E-state index >= 15 is 0 Å². The summed E-state index contributed by atoms with van der Waals surface area (Å²) >= 11 is 3.44. The number of aryl methyl sites for hydroxylation is 1. The van der Waals surface area contributed by atoms with E-state index in [1.807, 2.05) is 25.1 Å². The number of nitrogens with zero attached hydrogens (tertiary/aromatic N) is 1. The van der Waals surface area contributed by atoms with Crippen molar-refractivity contribution in [2.24, 2.45) is 0 Å². The standard InChI is InChI=1S/C14H19BrN2O2/c1-11-2-3-12(10-13(11)15)14(18)16-4-5-17-6-8-19-9-7-17/h2-3,10H,4-9H2,1H3,(H,16,18). The molecule has 19 heavy (non-hydrogen) atoms. The van der Waals surface area contributed by atoms with Gasteiger partial charge >= 0.3 is 0 Å². The quantitative estimate of drug-likeness (QED) is 0.917. The van der Waals surface area contributed by atoms with Crippen molar-refractivity contribution in [1.82, 2.24) is 10.2 Å². The Morgan fingerprint density at radius 3 is 2.84 bits per heavy atom. The number of rotatable bonds is 4. The number of halogens is 1. The summed E-state index contributed by atoms with van der Waals surface area (Å²) in [6.45, 7) is 7.03. The molecule has 5 heteroatoms. The fourth-order valence-corrected chi connectivity index (χ4v) is 2.37. The summed E-state index contributed by atoms with van der Waals surface area (Å²) in [5.74, 6) is -0.0195. The number of hydrogen-bond donors (Lipinski definition) is 1. The third kappa shape index (κ3) is 4.30. The molecule has 2 rings (SSSR count). The minimum atomic E-state index is -0.0195. The minimum absolute atomic E-state index is 0.0195. The first kappa shape index (κ1) is 14.5. The van der Waals surface area contributed by atoms with Crippen LogP contribution in [0, 0.1) is 6.92 Å². The Morgan fingerprint density at radius 2 is 2.16 bits per heavy atom. The lowest BCUT2D eigenvalue weighted by Crippen LogP contribution is -2.41. The molecule has 1 heterocycles. The molecular formula is C14H19BrN2O2. The van der Waals surface area contributed by atoms with Crippen molar-refractivity contribution in [3.8, 4) is 0 Å². The third-order valence-corrected chi connectivity index (χ3v) is 4.11. The smallest absolute Gasteiger partial charge is 0.251 e. The Hall–Kier alpha value is -0.910. The molecule has 0 saturated carbocycles. The number of benzene rings is 1. The molecule has 1 aliphatic rings. The van der Waals surface area contributed by atoms with E-state index in [0.29, 0.717) is 12.1 Å². The van der Waals surface area contributed by atoms with Crippen LogP contribution in [0.3, 0.4) is 0 Å². The van der Waals surface area contributed by atoms with Gasteiger partial charge in [0.25, 0.3) is 5.91 Å². The molecule has 0 aliphatic carbocycles. The molecule has 1 amide bonds. The minimum Gasteiger partial charge on any atom is -0.379 e. The molecule has 0 spiro atoms. The molecule has 4 nitrogen and oxygen atoms in total. The number of morpholine rings is 1. The van der Waals surface area contributed by atoms with Gasteiger partial charge in [0.2, 0.25) is 0 Å². The van der Waals surface area contributed by atoms with Gasteiger partial charge in [-0.1, -0.05) is 22.0 Å². The van der Waals surface area contributed by atoms with Gasteiger partial charge in [0, 0.05) is 36.2 Å². The normalized spacial score (nSPS) is 16.3. The van der Waals surface area contributed by atoms with Crippen LogP contribution in [-0.2, 0) is 4.74 Å². The average molecular weight is 327 g/mol. The largest absolute Gasteiger partial charge is 0.379 e. The molecule has 0 bridgehead atoms. The van der Waals surface area contributed by atoms with Crippen LogP contribution in [0.5, 0.6) is 0 Å². The van der Waals surface area contributed by atoms with Gasteiger partial charge in [-0.05, 0) is 24.6 Å². The van der Waals surface area contributed by atoms with E-state index in [-0.39, 0.29) is 5.91 Å². The molecule has 1 aromatic carbocycles. The highest BCUT2D eigenvalue weighted by Crippen LogP contribution is 2.17. The predicted octanol–water partition coefficient (Wildman–Crippen LogP) is 1.82. The van der Waals surface area contributed by atoms with E-state index in [0.717, 1.165) is 42.9 Å². The first-order valence-electron chi connectivity index (χ1n) is 6.51. The summed E-state index contributed by atoms with van der Waals surface area (Å²) in [6.07, 6.45) is 0. The lowest BCUT2D eigenvalue weighted by Gasteiger charge is -2.26. The van der Waals surface area contributed by atoms with Crippen LogP contribution in [0.15, 0.2) is 22.7 Å². The topological polar surface area (TPSA) is 41.6 Å². The lowest BCUT2D eigenvalue weighted by molar-refractivity contribution is 0.0383. The van der Waals surface area contributed by atoms with Crippen molar-refractivity contribution < 1.29 is 9.53 Å². The number of carbonyl (C=O) groups is 1. The molecule has 1 aromatic rings. The number of nitrogens with one attached hydrogen (secondary N) is 1. The highest BCUT2D eigenvalue weighted by atomic mass is 79.9. The summed E-state index contributed by atoms with van der Waals surface area (Å²) in [7, 11) is 0. The van der Waals surface area contributed by atoms with Gasteiger partial charge in [0.15, 0.2) is 0 Å². The second kappa shape index (κ2) is 7.03. The zero-order chi connectivity index (χ0) is 13.7. The lowest BCUT2D eigenvalue weighted by atomic mass is 10.1. The van der Waals surface area contributed by atoms with Crippen molar-refractivity contribution in [1.29, 1.82) is 0 Å². The maximum absolute atomic E-state index is 12.0. The van der Waals surface area contributed by atoms with Gasteiger partial charge in [0.1, 0.15) is 0 Å². The monoisotopic (exact) mass is 326 g/mol. The van der Waals surface area contributed by atoms with Crippen molar-refractivity contribution in [3.63, 3.8) is 0 Å². The molecule has 1 aliphatic heterocycles. The zero-order valence-electron chi connectivity index (χ0n) is 11.1. The first-order chi connectivity index (χ1) is 9.16. The first-order valence-corrected chi connectivity index (χ1v) is 7.30. The van der Waals surface area contributed by atoms with Crippen LogP contribution >= 0.6 is 15.9 Å². The maximum Gasteiger partial charge on any atom is 0.251 e. The summed E-state index contributed by atoms with van der Waals surface area (Å²) in [5.41, 5.74) is 1.82. The number of amides is 1. The van der Waals surface area contributed by atoms with Crippen LogP contribution in [0.25, 0.3) is 0 Å². The summed E-state index contributed by atoms with van der Waals surface area (Å²) in [5, 5.41) is 2.95. The van der Waals surface area contributed by atoms with E-state index < -0.39 is 0 Å². The Labute approximate surface area is 122 Å². The Balaban J connectivity index is 1.78. The molecule has 0 unspecified atom stereocenters. The number of hydrogen-bond acceptors (Lipinski definition) is 3. The van der Waals surface area contributed by atoms with Gasteiger partial charge in [-0.2, -0.15) is 0 Å². The van der Waals surface area contributed by atoms with Gasteiger partial charge in [-0.15, -0.1) is 0 Å². The van der Waals surface area contributed by atoms with Crippen molar-refractivity contribution in [3.05, 3.63) is 33.8 Å². The molecule has 1 N–H and O–H groups in total. The molecule has 104 valence electrons. The van der Waals surface area contributed by atoms with E-state index in [4.69, 9.17) is 4.74 Å². The Kier molecular flexibility index (Phi) is 5.36. The second-order valence-corrected chi connectivity index (χ2v) is 5.53. The molecule has 1 fully saturated rings. The van der Waals surface area contributed by atoms with Crippen LogP contribution in [0.2, 0.25) is 0 Å². The fraction of sp³-hybridized carbons (Fsp3) is 0.500. The van der Waals surface area contributed by atoms with Crippen LogP contribution in [0.1, 0.15) is 15.9 Å². The summed E-state index contributed by atoms with van der Waals surface area (Å²) in [4.78, 5) is 14.3. The molecule has 0 atom stereocenters. The van der Waals surface area contributed by atoms with Crippen molar-refractivity contribution in [2.75, 3.05) is 39.4 Å². The van der Waals surface area contributed by atoms with Gasteiger partial charge < -0.3 is 10.1 Å². The van der Waals surface area contributed by atoms with E-state index in [1.54, 1.807) is 0 Å². The van der Waals surface area contributed by atoms with Crippen LogP contribution in [-0.4, -0.2) is 50.2 Å². The zero-order valence-corrected chi connectivity index (χ0v) is 12.7. The van der Waals surface area contributed by atoms with Gasteiger partial charge in [0.05, 0.1) is 13.2 Å². The summed E-state index contributed by atoms with van der Waals surface area (Å²) < 4.78 is 6.25. The van der Waals surface area contributed by atoms with Gasteiger partial charge in [-0.3, -0.25) is 9.69 Å². The second-order valence-electron chi connectivity index (χ2n) is 4.67. The van der Waals surface area contributed by atoms with E-state index in [1.165, 1.54) is 0 Å². The number of ether oxygens (including phenoxy) is 1.